The maximum Gasteiger partial charge on any atom is 0.321 e. The molecule has 1 fully saturated rings. The average Bonchev–Trinajstić information content (AvgIpc) is 3.04. The first-order chi connectivity index (χ1) is 10.6. The molecule has 1 aliphatic heterocycles. The number of aryl methyl sites for hydroxylation is 2. The third-order valence-electron chi connectivity index (χ3n) is 3.88. The van der Waals surface area contributed by atoms with Gasteiger partial charge in [0.1, 0.15) is 0 Å². The minimum atomic E-state index is -0.0225. The summed E-state index contributed by atoms with van der Waals surface area (Å²) in [6.07, 6.45) is 1.82. The number of carbonyl (C=O) groups is 1. The Labute approximate surface area is 134 Å². The van der Waals surface area contributed by atoms with Crippen molar-refractivity contribution in [3.8, 4) is 0 Å². The Morgan fingerprint density at radius 2 is 2.00 bits per heavy atom. The van der Waals surface area contributed by atoms with Crippen LogP contribution in [0.15, 0.2) is 29.8 Å². The second-order valence-electron chi connectivity index (χ2n) is 5.54. The van der Waals surface area contributed by atoms with Gasteiger partial charge in [0.25, 0.3) is 0 Å². The molecule has 1 aliphatic rings. The Bertz CT molecular complexity index is 648. The number of nitrogens with one attached hydrogen (secondary N) is 1. The number of rotatable bonds is 2. The summed E-state index contributed by atoms with van der Waals surface area (Å²) in [6, 6.07) is 6.04. The summed E-state index contributed by atoms with van der Waals surface area (Å²) in [5.41, 5.74) is 3.18. The Morgan fingerprint density at radius 1 is 1.23 bits per heavy atom. The highest BCUT2D eigenvalue weighted by atomic mass is 32.1. The van der Waals surface area contributed by atoms with Crippen LogP contribution in [0.2, 0.25) is 0 Å². The van der Waals surface area contributed by atoms with E-state index >= 15 is 0 Å². The van der Waals surface area contributed by atoms with Gasteiger partial charge in [-0.1, -0.05) is 17.7 Å². The first-order valence-electron chi connectivity index (χ1n) is 7.41. The van der Waals surface area contributed by atoms with Crippen LogP contribution in [0.25, 0.3) is 0 Å². The second kappa shape index (κ2) is 6.36. The van der Waals surface area contributed by atoms with Crippen LogP contribution in [0.4, 0.5) is 15.6 Å². The van der Waals surface area contributed by atoms with E-state index in [0.717, 1.165) is 42.6 Å². The van der Waals surface area contributed by atoms with Gasteiger partial charge in [0, 0.05) is 43.4 Å². The van der Waals surface area contributed by atoms with Crippen molar-refractivity contribution in [1.82, 2.24) is 9.88 Å². The van der Waals surface area contributed by atoms with Gasteiger partial charge in [0.15, 0.2) is 5.13 Å². The van der Waals surface area contributed by atoms with Crippen LogP contribution in [0.1, 0.15) is 11.1 Å². The van der Waals surface area contributed by atoms with E-state index in [9.17, 15) is 4.79 Å². The van der Waals surface area contributed by atoms with E-state index in [1.54, 1.807) is 11.3 Å². The van der Waals surface area contributed by atoms with Crippen molar-refractivity contribution in [2.75, 3.05) is 36.4 Å². The van der Waals surface area contributed by atoms with Crippen molar-refractivity contribution in [3.63, 3.8) is 0 Å². The summed E-state index contributed by atoms with van der Waals surface area (Å²) in [5, 5.41) is 6.03. The quantitative estimate of drug-likeness (QED) is 0.926. The van der Waals surface area contributed by atoms with Crippen molar-refractivity contribution in [2.45, 2.75) is 13.8 Å². The molecule has 0 saturated carbocycles. The molecule has 0 spiro atoms. The number of piperazine rings is 1. The predicted molar refractivity (Wildman–Crippen MR) is 90.8 cm³/mol. The third kappa shape index (κ3) is 3.22. The standard InChI is InChI=1S/C16H20N4OS/c1-12-3-4-14(13(2)11-12)18-15(21)19-6-8-20(9-7-19)16-17-5-10-22-16/h3-5,10-11H,6-9H2,1-2H3,(H,18,21). The van der Waals surface area contributed by atoms with Gasteiger partial charge in [-0.15, -0.1) is 11.3 Å². The lowest BCUT2D eigenvalue weighted by molar-refractivity contribution is 0.208. The van der Waals surface area contributed by atoms with Gasteiger partial charge in [-0.3, -0.25) is 0 Å². The fraction of sp³-hybridized carbons (Fsp3) is 0.375. The fourth-order valence-electron chi connectivity index (χ4n) is 2.62. The molecule has 0 unspecified atom stereocenters. The molecule has 1 aromatic carbocycles. The normalized spacial score (nSPS) is 15.0. The van der Waals surface area contributed by atoms with E-state index in [1.165, 1.54) is 5.56 Å². The molecule has 0 aliphatic carbocycles. The molecule has 6 heteroatoms. The van der Waals surface area contributed by atoms with Gasteiger partial charge in [-0.05, 0) is 25.5 Å². The summed E-state index contributed by atoms with van der Waals surface area (Å²) in [4.78, 5) is 20.8. The lowest BCUT2D eigenvalue weighted by Crippen LogP contribution is -2.50. The van der Waals surface area contributed by atoms with Crippen LogP contribution < -0.4 is 10.2 Å². The summed E-state index contributed by atoms with van der Waals surface area (Å²) >= 11 is 1.64. The molecule has 5 nitrogen and oxygen atoms in total. The van der Waals surface area contributed by atoms with E-state index in [1.807, 2.05) is 35.5 Å². The number of anilines is 2. The lowest BCUT2D eigenvalue weighted by Gasteiger charge is -2.34. The van der Waals surface area contributed by atoms with Crippen molar-refractivity contribution >= 4 is 28.2 Å². The van der Waals surface area contributed by atoms with Crippen molar-refractivity contribution in [3.05, 3.63) is 40.9 Å². The first-order valence-corrected chi connectivity index (χ1v) is 8.29. The topological polar surface area (TPSA) is 48.5 Å². The van der Waals surface area contributed by atoms with Crippen LogP contribution >= 0.6 is 11.3 Å². The van der Waals surface area contributed by atoms with Gasteiger partial charge in [-0.2, -0.15) is 0 Å². The Kier molecular flexibility index (Phi) is 4.29. The molecule has 2 aromatic rings. The number of urea groups is 1. The van der Waals surface area contributed by atoms with E-state index in [4.69, 9.17) is 0 Å². The monoisotopic (exact) mass is 316 g/mol. The molecular weight excluding hydrogens is 296 g/mol. The number of carbonyl (C=O) groups excluding carboxylic acids is 1. The number of thiazole rings is 1. The zero-order chi connectivity index (χ0) is 15.5. The Hall–Kier alpha value is -2.08. The van der Waals surface area contributed by atoms with Crippen molar-refractivity contribution < 1.29 is 4.79 Å². The molecule has 2 amide bonds. The van der Waals surface area contributed by atoms with Crippen LogP contribution in [-0.4, -0.2) is 42.1 Å². The van der Waals surface area contributed by atoms with E-state index in [0.29, 0.717) is 0 Å². The predicted octanol–water partition coefficient (Wildman–Crippen LogP) is 3.11. The Morgan fingerprint density at radius 3 is 2.64 bits per heavy atom. The van der Waals surface area contributed by atoms with Gasteiger partial charge >= 0.3 is 6.03 Å². The highest BCUT2D eigenvalue weighted by Gasteiger charge is 2.22. The van der Waals surface area contributed by atoms with Crippen LogP contribution in [0.5, 0.6) is 0 Å². The number of nitrogens with zero attached hydrogens (tertiary/aromatic N) is 3. The number of amides is 2. The van der Waals surface area contributed by atoms with Gasteiger partial charge in [0.05, 0.1) is 0 Å². The highest BCUT2D eigenvalue weighted by molar-refractivity contribution is 7.13. The molecule has 0 atom stereocenters. The highest BCUT2D eigenvalue weighted by Crippen LogP contribution is 2.20. The molecule has 116 valence electrons. The molecule has 1 saturated heterocycles. The van der Waals surface area contributed by atoms with Gasteiger partial charge < -0.3 is 15.1 Å². The molecule has 2 heterocycles. The molecule has 0 bridgehead atoms. The molecule has 1 N–H and O–H groups in total. The number of aromatic nitrogens is 1. The number of hydrogen-bond donors (Lipinski definition) is 1. The Balaban J connectivity index is 1.58. The molecule has 22 heavy (non-hydrogen) atoms. The van der Waals surface area contributed by atoms with Crippen LogP contribution in [-0.2, 0) is 0 Å². The second-order valence-corrected chi connectivity index (χ2v) is 6.41. The number of hydrogen-bond acceptors (Lipinski definition) is 4. The van der Waals surface area contributed by atoms with E-state index in [-0.39, 0.29) is 6.03 Å². The zero-order valence-electron chi connectivity index (χ0n) is 12.9. The summed E-state index contributed by atoms with van der Waals surface area (Å²) in [7, 11) is 0. The largest absolute Gasteiger partial charge is 0.345 e. The van der Waals surface area contributed by atoms with Crippen LogP contribution in [0.3, 0.4) is 0 Å². The smallest absolute Gasteiger partial charge is 0.321 e. The lowest BCUT2D eigenvalue weighted by atomic mass is 10.1. The van der Waals surface area contributed by atoms with E-state index < -0.39 is 0 Å². The minimum Gasteiger partial charge on any atom is -0.345 e. The maximum absolute atomic E-state index is 12.4. The fourth-order valence-corrected chi connectivity index (χ4v) is 3.32. The van der Waals surface area contributed by atoms with E-state index in [2.05, 4.69) is 28.2 Å². The number of benzene rings is 1. The maximum atomic E-state index is 12.4. The molecule has 1 aromatic heterocycles. The molecule has 0 radical (unpaired) electrons. The molecular formula is C16H20N4OS. The molecule has 3 rings (SSSR count). The van der Waals surface area contributed by atoms with Gasteiger partial charge in [-0.25, -0.2) is 9.78 Å². The van der Waals surface area contributed by atoms with Crippen molar-refractivity contribution in [1.29, 1.82) is 0 Å². The van der Waals surface area contributed by atoms with Gasteiger partial charge in [0.2, 0.25) is 0 Å². The SMILES string of the molecule is Cc1ccc(NC(=O)N2CCN(c3nccs3)CC2)c(C)c1. The summed E-state index contributed by atoms with van der Waals surface area (Å²) in [5.74, 6) is 0. The van der Waals surface area contributed by atoms with Crippen LogP contribution in [0, 0.1) is 13.8 Å². The third-order valence-corrected chi connectivity index (χ3v) is 4.71. The summed E-state index contributed by atoms with van der Waals surface area (Å²) in [6.45, 7) is 7.16. The minimum absolute atomic E-state index is 0.0225. The average molecular weight is 316 g/mol. The first kappa shape index (κ1) is 14.8. The zero-order valence-corrected chi connectivity index (χ0v) is 13.7. The van der Waals surface area contributed by atoms with Crippen molar-refractivity contribution in [2.24, 2.45) is 0 Å². The summed E-state index contributed by atoms with van der Waals surface area (Å²) < 4.78 is 0.